The van der Waals surface area contributed by atoms with Gasteiger partial charge in [0.25, 0.3) is 0 Å². The number of hydrogen-bond acceptors (Lipinski definition) is 7. The molecule has 9 heteroatoms. The number of aromatic nitrogens is 3. The van der Waals surface area contributed by atoms with Crippen molar-refractivity contribution in [1.82, 2.24) is 15.1 Å². The zero-order valence-electron chi connectivity index (χ0n) is 13.6. The quantitative estimate of drug-likeness (QED) is 0.749. The Morgan fingerprint density at radius 1 is 1.20 bits per heavy atom. The summed E-state index contributed by atoms with van der Waals surface area (Å²) < 4.78 is 28.5. The molecule has 0 unspecified atom stereocenters. The van der Waals surface area contributed by atoms with Gasteiger partial charge in [0.2, 0.25) is 21.7 Å². The van der Waals surface area contributed by atoms with Crippen molar-refractivity contribution in [2.75, 3.05) is 0 Å². The topological polar surface area (TPSA) is 112 Å². The molecule has 3 aromatic rings. The first-order valence-electron chi connectivity index (χ1n) is 7.66. The van der Waals surface area contributed by atoms with Gasteiger partial charge in [-0.25, -0.2) is 18.5 Å². The molecule has 1 aliphatic rings. The van der Waals surface area contributed by atoms with Crippen molar-refractivity contribution < 1.29 is 12.9 Å². The van der Waals surface area contributed by atoms with Gasteiger partial charge in [0.1, 0.15) is 0 Å². The van der Waals surface area contributed by atoms with E-state index in [9.17, 15) is 8.42 Å². The van der Waals surface area contributed by atoms with Gasteiger partial charge in [-0.1, -0.05) is 49.3 Å². The number of hydrogen-bond donors (Lipinski definition) is 1. The van der Waals surface area contributed by atoms with Crippen LogP contribution >= 0.6 is 11.3 Å². The largest absolute Gasteiger partial charge is 0.339 e. The smallest absolute Gasteiger partial charge is 0.249 e. The van der Waals surface area contributed by atoms with Crippen LogP contribution < -0.4 is 5.14 Å². The lowest BCUT2D eigenvalue weighted by molar-refractivity contribution is 0.368. The van der Waals surface area contributed by atoms with Gasteiger partial charge < -0.3 is 4.52 Å². The summed E-state index contributed by atoms with van der Waals surface area (Å²) in [5, 5.41) is 9.96. The molecule has 2 N–H and O–H groups in total. The highest BCUT2D eigenvalue weighted by atomic mass is 32.2. The Kier molecular flexibility index (Phi) is 3.57. The van der Waals surface area contributed by atoms with E-state index in [1.807, 2.05) is 30.3 Å². The Morgan fingerprint density at radius 2 is 1.92 bits per heavy atom. The third-order valence-corrected chi connectivity index (χ3v) is 7.10. The second kappa shape index (κ2) is 5.45. The first-order valence-corrected chi connectivity index (χ1v) is 10.0. The van der Waals surface area contributed by atoms with E-state index in [-0.39, 0.29) is 21.5 Å². The van der Waals surface area contributed by atoms with Gasteiger partial charge in [-0.2, -0.15) is 4.98 Å². The van der Waals surface area contributed by atoms with E-state index < -0.39 is 10.0 Å². The van der Waals surface area contributed by atoms with E-state index in [1.165, 1.54) is 6.20 Å². The summed E-state index contributed by atoms with van der Waals surface area (Å²) in [5.74, 6) is 1.11. The Labute approximate surface area is 149 Å². The Morgan fingerprint density at radius 3 is 2.56 bits per heavy atom. The summed E-state index contributed by atoms with van der Waals surface area (Å²) in [6, 6.07) is 9.60. The molecule has 2 heterocycles. The molecule has 0 spiro atoms. The molecule has 2 aromatic heterocycles. The number of rotatable bonds is 4. The van der Waals surface area contributed by atoms with Crippen LogP contribution in [0, 0.1) is 5.41 Å². The third-order valence-electron chi connectivity index (χ3n) is 4.62. The second-order valence-electron chi connectivity index (χ2n) is 6.66. The maximum absolute atomic E-state index is 11.5. The van der Waals surface area contributed by atoms with Crippen LogP contribution in [0.3, 0.4) is 0 Å². The fourth-order valence-corrected chi connectivity index (χ4v) is 5.08. The molecular formula is C16H16N4O3S2. The van der Waals surface area contributed by atoms with E-state index in [4.69, 9.17) is 9.66 Å². The summed E-state index contributed by atoms with van der Waals surface area (Å²) >= 11 is 1.10. The molecule has 4 rings (SSSR count). The van der Waals surface area contributed by atoms with Crippen molar-refractivity contribution >= 4 is 21.4 Å². The molecule has 2 atom stereocenters. The van der Waals surface area contributed by atoms with Crippen molar-refractivity contribution in [2.45, 2.75) is 29.9 Å². The lowest BCUT2D eigenvalue weighted by atomic mass is 10.1. The molecule has 1 fully saturated rings. The molecule has 1 saturated carbocycles. The zero-order chi connectivity index (χ0) is 17.8. The predicted molar refractivity (Wildman–Crippen MR) is 92.5 cm³/mol. The summed E-state index contributed by atoms with van der Waals surface area (Å²) in [6.07, 6.45) is 1.31. The van der Waals surface area contributed by atoms with Gasteiger partial charge in [0, 0.05) is 11.5 Å². The maximum atomic E-state index is 11.5. The van der Waals surface area contributed by atoms with Crippen LogP contribution in [0.4, 0.5) is 0 Å². The molecule has 7 nitrogen and oxygen atoms in total. The van der Waals surface area contributed by atoms with Gasteiger partial charge in [-0.05, 0) is 5.41 Å². The molecule has 0 bridgehead atoms. The van der Waals surface area contributed by atoms with Crippen LogP contribution in [0.1, 0.15) is 36.6 Å². The highest BCUT2D eigenvalue weighted by Gasteiger charge is 2.63. The van der Waals surface area contributed by atoms with Crippen molar-refractivity contribution in [3.8, 4) is 11.4 Å². The van der Waals surface area contributed by atoms with Crippen LogP contribution in [-0.4, -0.2) is 23.5 Å². The van der Waals surface area contributed by atoms with Crippen LogP contribution in [0.15, 0.2) is 45.3 Å². The number of sulfonamides is 1. The van der Waals surface area contributed by atoms with Crippen LogP contribution in [0.5, 0.6) is 0 Å². The summed E-state index contributed by atoms with van der Waals surface area (Å²) in [7, 11) is -3.73. The Bertz CT molecular complexity index is 1020. The van der Waals surface area contributed by atoms with E-state index in [2.05, 4.69) is 29.0 Å². The zero-order valence-corrected chi connectivity index (χ0v) is 15.2. The first-order chi connectivity index (χ1) is 11.8. The van der Waals surface area contributed by atoms with Crippen molar-refractivity contribution in [1.29, 1.82) is 0 Å². The number of thiazole rings is 1. The maximum Gasteiger partial charge on any atom is 0.249 e. The Hall–Kier alpha value is -2.10. The number of nitrogens with zero attached hydrogens (tertiary/aromatic N) is 3. The summed E-state index contributed by atoms with van der Waals surface area (Å²) in [4.78, 5) is 8.78. The molecule has 0 amide bonds. The Balaban J connectivity index is 1.64. The van der Waals surface area contributed by atoms with Gasteiger partial charge in [0.15, 0.2) is 4.21 Å². The average Bonchev–Trinajstić information content (AvgIpc) is 3.02. The van der Waals surface area contributed by atoms with Crippen molar-refractivity contribution in [3.63, 3.8) is 0 Å². The highest BCUT2D eigenvalue weighted by molar-refractivity contribution is 7.91. The predicted octanol–water partition coefficient (Wildman–Crippen LogP) is 2.75. The molecule has 0 radical (unpaired) electrons. The third kappa shape index (κ3) is 2.78. The first kappa shape index (κ1) is 16.4. The monoisotopic (exact) mass is 376 g/mol. The molecule has 130 valence electrons. The number of nitrogens with two attached hydrogens (primary N) is 1. The lowest BCUT2D eigenvalue weighted by Crippen LogP contribution is -2.09. The lowest BCUT2D eigenvalue weighted by Gasteiger charge is -1.97. The van der Waals surface area contributed by atoms with Crippen molar-refractivity contribution in [2.24, 2.45) is 10.6 Å². The molecule has 0 aliphatic heterocycles. The average molecular weight is 376 g/mol. The van der Waals surface area contributed by atoms with E-state index in [0.717, 1.165) is 21.9 Å². The standard InChI is InChI=1S/C16H16N4O3S2/c1-16(2)11(12(16)15-18-8-10(24-15)25(17,21)22)14-19-13(20-23-14)9-6-4-3-5-7-9/h3-8,11-12H,1-2H3,(H2,17,21,22)/t11-,12-/m1/s1. The second-order valence-corrected chi connectivity index (χ2v) is 9.51. The number of primary sulfonamides is 1. The number of benzene rings is 1. The van der Waals surface area contributed by atoms with E-state index in [0.29, 0.717) is 11.7 Å². The molecule has 25 heavy (non-hydrogen) atoms. The van der Waals surface area contributed by atoms with Gasteiger partial charge in [-0.3, -0.25) is 0 Å². The highest BCUT2D eigenvalue weighted by Crippen LogP contribution is 2.70. The van der Waals surface area contributed by atoms with Crippen molar-refractivity contribution in [3.05, 3.63) is 47.4 Å². The molecular weight excluding hydrogens is 360 g/mol. The molecule has 1 aromatic carbocycles. The van der Waals surface area contributed by atoms with E-state index in [1.54, 1.807) is 0 Å². The van der Waals surface area contributed by atoms with Gasteiger partial charge in [0.05, 0.1) is 17.1 Å². The van der Waals surface area contributed by atoms with Crippen LogP contribution in [0.25, 0.3) is 11.4 Å². The summed E-state index contributed by atoms with van der Waals surface area (Å²) in [6.45, 7) is 4.15. The minimum atomic E-state index is -3.73. The SMILES string of the molecule is CC1(C)[C@@H](c2nc(-c3ccccc3)no2)[C@@H]1c1ncc(S(N)(=O)=O)s1. The van der Waals surface area contributed by atoms with Crippen LogP contribution in [-0.2, 0) is 10.0 Å². The van der Waals surface area contributed by atoms with Gasteiger partial charge in [-0.15, -0.1) is 11.3 Å². The molecule has 0 saturated heterocycles. The fraction of sp³-hybridized carbons (Fsp3) is 0.312. The summed E-state index contributed by atoms with van der Waals surface area (Å²) in [5.41, 5.74) is 0.742. The minimum absolute atomic E-state index is 0.00283. The fourth-order valence-electron chi connectivity index (χ4n) is 3.17. The molecule has 1 aliphatic carbocycles. The normalized spacial score (nSPS) is 22.0. The van der Waals surface area contributed by atoms with Gasteiger partial charge >= 0.3 is 0 Å². The van der Waals surface area contributed by atoms with E-state index >= 15 is 0 Å². The van der Waals surface area contributed by atoms with Crippen LogP contribution in [0.2, 0.25) is 0 Å². The minimum Gasteiger partial charge on any atom is -0.339 e.